The van der Waals surface area contributed by atoms with Crippen LogP contribution in [0.5, 0.6) is 0 Å². The van der Waals surface area contributed by atoms with Crippen LogP contribution in [0.2, 0.25) is 10.0 Å². The van der Waals surface area contributed by atoms with E-state index in [1.165, 1.54) is 41.3 Å². The van der Waals surface area contributed by atoms with E-state index in [1.807, 2.05) is 19.1 Å². The minimum Gasteiger partial charge on any atom is -0.336 e. The Balaban J connectivity index is 1.71. The number of benzene rings is 3. The Bertz CT molecular complexity index is 1070. The highest BCUT2D eigenvalue weighted by Gasteiger charge is 2.20. The number of rotatable bonds is 6. The van der Waals surface area contributed by atoms with E-state index >= 15 is 0 Å². The first-order chi connectivity index (χ1) is 14.8. The van der Waals surface area contributed by atoms with Gasteiger partial charge in [0, 0.05) is 29.5 Å². The Morgan fingerprint density at radius 1 is 0.968 bits per heavy atom. The monoisotopic (exact) mass is 459 g/mol. The second kappa shape index (κ2) is 10.3. The van der Waals surface area contributed by atoms with E-state index in [2.05, 4.69) is 10.6 Å². The number of halogens is 3. The number of nitrogens with zero attached hydrogens (tertiary/aromatic N) is 1. The molecule has 0 saturated carbocycles. The first-order valence-electron chi connectivity index (χ1n) is 9.47. The van der Waals surface area contributed by atoms with Crippen LogP contribution in [-0.2, 0) is 0 Å². The molecular weight excluding hydrogens is 440 g/mol. The molecule has 2 N–H and O–H groups in total. The fourth-order valence-corrected chi connectivity index (χ4v) is 3.36. The smallest absolute Gasteiger partial charge is 0.319 e. The van der Waals surface area contributed by atoms with Crippen LogP contribution >= 0.6 is 23.2 Å². The highest BCUT2D eigenvalue weighted by Crippen LogP contribution is 2.25. The molecular formula is C23H20Cl2FN3O2. The van der Waals surface area contributed by atoms with Crippen molar-refractivity contribution in [1.29, 1.82) is 0 Å². The molecule has 3 aromatic rings. The molecule has 0 bridgehead atoms. The number of nitrogens with one attached hydrogen (secondary N) is 2. The van der Waals surface area contributed by atoms with E-state index < -0.39 is 17.8 Å². The molecule has 0 atom stereocenters. The van der Waals surface area contributed by atoms with Crippen molar-refractivity contribution >= 4 is 46.5 Å². The number of urea groups is 1. The minimum atomic E-state index is -0.420. The van der Waals surface area contributed by atoms with Crippen LogP contribution in [0.25, 0.3) is 0 Å². The summed E-state index contributed by atoms with van der Waals surface area (Å²) in [6.07, 6.45) is 0. The van der Waals surface area contributed by atoms with Crippen LogP contribution in [0.15, 0.2) is 66.7 Å². The zero-order valence-electron chi connectivity index (χ0n) is 16.7. The van der Waals surface area contributed by atoms with Gasteiger partial charge in [0.25, 0.3) is 5.91 Å². The molecule has 0 unspecified atom stereocenters. The number of hydrogen-bond acceptors (Lipinski definition) is 2. The summed E-state index contributed by atoms with van der Waals surface area (Å²) in [7, 11) is 0. The molecule has 0 fully saturated rings. The first-order valence-corrected chi connectivity index (χ1v) is 10.2. The molecule has 31 heavy (non-hydrogen) atoms. The van der Waals surface area contributed by atoms with E-state index in [0.29, 0.717) is 16.4 Å². The van der Waals surface area contributed by atoms with E-state index in [9.17, 15) is 14.0 Å². The quantitative estimate of drug-likeness (QED) is 0.481. The molecule has 0 aliphatic heterocycles. The Labute approximate surface area is 189 Å². The molecule has 8 heteroatoms. The van der Waals surface area contributed by atoms with Gasteiger partial charge in [0.05, 0.1) is 10.6 Å². The molecule has 0 spiro atoms. The third-order valence-corrected chi connectivity index (χ3v) is 5.02. The number of carbonyl (C=O) groups is 2. The molecule has 5 nitrogen and oxygen atoms in total. The van der Waals surface area contributed by atoms with Crippen molar-refractivity contribution < 1.29 is 14.0 Å². The van der Waals surface area contributed by atoms with Gasteiger partial charge in [-0.15, -0.1) is 0 Å². The van der Waals surface area contributed by atoms with Crippen molar-refractivity contribution in [3.05, 3.63) is 93.7 Å². The van der Waals surface area contributed by atoms with Crippen LogP contribution < -0.4 is 15.5 Å². The average Bonchev–Trinajstić information content (AvgIpc) is 2.73. The van der Waals surface area contributed by atoms with Gasteiger partial charge in [-0.2, -0.15) is 0 Å². The van der Waals surface area contributed by atoms with Crippen LogP contribution in [0, 0.1) is 12.7 Å². The maximum Gasteiger partial charge on any atom is 0.319 e. The Kier molecular flexibility index (Phi) is 7.50. The van der Waals surface area contributed by atoms with E-state index in [1.54, 1.807) is 18.2 Å². The Morgan fingerprint density at radius 3 is 2.29 bits per heavy atom. The molecule has 0 saturated heterocycles. The van der Waals surface area contributed by atoms with Crippen LogP contribution in [0.3, 0.4) is 0 Å². The second-order valence-corrected chi connectivity index (χ2v) is 7.65. The summed E-state index contributed by atoms with van der Waals surface area (Å²) >= 11 is 12.1. The third-order valence-electron chi connectivity index (χ3n) is 4.48. The van der Waals surface area contributed by atoms with Gasteiger partial charge in [-0.25, -0.2) is 9.18 Å². The molecule has 0 aromatic heterocycles. The lowest BCUT2D eigenvalue weighted by atomic mass is 10.1. The van der Waals surface area contributed by atoms with Crippen molar-refractivity contribution in [3.63, 3.8) is 0 Å². The highest BCUT2D eigenvalue weighted by atomic mass is 35.5. The fourth-order valence-electron chi connectivity index (χ4n) is 2.87. The van der Waals surface area contributed by atoms with Crippen molar-refractivity contribution in [2.24, 2.45) is 0 Å². The summed E-state index contributed by atoms with van der Waals surface area (Å²) in [5.41, 5.74) is 2.46. The molecule has 160 valence electrons. The second-order valence-electron chi connectivity index (χ2n) is 6.80. The molecule has 0 radical (unpaired) electrons. The largest absolute Gasteiger partial charge is 0.336 e. The Morgan fingerprint density at radius 2 is 1.65 bits per heavy atom. The summed E-state index contributed by atoms with van der Waals surface area (Å²) < 4.78 is 13.4. The van der Waals surface area contributed by atoms with Gasteiger partial charge >= 0.3 is 6.03 Å². The number of amides is 3. The van der Waals surface area contributed by atoms with Crippen molar-refractivity contribution in [1.82, 2.24) is 5.32 Å². The van der Waals surface area contributed by atoms with Gasteiger partial charge in [-0.05, 0) is 61.5 Å². The van der Waals surface area contributed by atoms with Gasteiger partial charge in [-0.1, -0.05) is 40.9 Å². The van der Waals surface area contributed by atoms with Gasteiger partial charge in [-0.3, -0.25) is 4.79 Å². The standard InChI is InChI=1S/C23H20Cl2FN3O2/c1-15-2-7-18(8-3-15)28-23(31)27-12-13-29(19-9-5-17(26)6-10-19)22(30)20-11-4-16(24)14-21(20)25/h2-11,14H,12-13H2,1H3,(H2,27,28,31). The number of hydrogen-bond donors (Lipinski definition) is 2. The summed E-state index contributed by atoms with van der Waals surface area (Å²) in [6, 6.07) is 17.0. The minimum absolute atomic E-state index is 0.144. The molecule has 0 heterocycles. The van der Waals surface area contributed by atoms with Crippen LogP contribution in [0.1, 0.15) is 15.9 Å². The number of carbonyl (C=O) groups excluding carboxylic acids is 2. The zero-order valence-corrected chi connectivity index (χ0v) is 18.2. The summed E-state index contributed by atoms with van der Waals surface area (Å²) in [5.74, 6) is -0.815. The molecule has 3 aromatic carbocycles. The lowest BCUT2D eigenvalue weighted by molar-refractivity contribution is 0.0987. The van der Waals surface area contributed by atoms with Crippen LogP contribution in [-0.4, -0.2) is 25.0 Å². The summed E-state index contributed by atoms with van der Waals surface area (Å²) in [5, 5.41) is 6.05. The molecule has 3 amide bonds. The summed E-state index contributed by atoms with van der Waals surface area (Å²) in [6.45, 7) is 2.26. The van der Waals surface area contributed by atoms with E-state index in [0.717, 1.165) is 5.56 Å². The van der Waals surface area contributed by atoms with E-state index in [-0.39, 0.29) is 23.7 Å². The lowest BCUT2D eigenvalue weighted by Crippen LogP contribution is -2.40. The van der Waals surface area contributed by atoms with Gasteiger partial charge in [0.1, 0.15) is 5.82 Å². The van der Waals surface area contributed by atoms with E-state index in [4.69, 9.17) is 23.2 Å². The average molecular weight is 460 g/mol. The van der Waals surface area contributed by atoms with Gasteiger partial charge in [0.15, 0.2) is 0 Å². The van der Waals surface area contributed by atoms with Crippen LogP contribution in [0.4, 0.5) is 20.6 Å². The normalized spacial score (nSPS) is 10.5. The topological polar surface area (TPSA) is 61.4 Å². The van der Waals surface area contributed by atoms with Crippen molar-refractivity contribution in [2.45, 2.75) is 6.92 Å². The number of aryl methyl sites for hydroxylation is 1. The maximum absolute atomic E-state index is 13.4. The summed E-state index contributed by atoms with van der Waals surface area (Å²) in [4.78, 5) is 26.7. The lowest BCUT2D eigenvalue weighted by Gasteiger charge is -2.24. The van der Waals surface area contributed by atoms with Crippen molar-refractivity contribution in [3.8, 4) is 0 Å². The first kappa shape index (κ1) is 22.6. The Hall–Kier alpha value is -3.09. The molecule has 0 aliphatic carbocycles. The SMILES string of the molecule is Cc1ccc(NC(=O)NCCN(C(=O)c2ccc(Cl)cc2Cl)c2ccc(F)cc2)cc1. The zero-order chi connectivity index (χ0) is 22.4. The fraction of sp³-hybridized carbons (Fsp3) is 0.130. The molecule has 3 rings (SSSR count). The predicted octanol–water partition coefficient (Wildman–Crippen LogP) is 5.91. The third kappa shape index (κ3) is 6.20. The number of anilines is 2. The molecule has 0 aliphatic rings. The van der Waals surface area contributed by atoms with Crippen molar-refractivity contribution in [2.75, 3.05) is 23.3 Å². The highest BCUT2D eigenvalue weighted by molar-refractivity contribution is 6.37. The maximum atomic E-state index is 13.4. The predicted molar refractivity (Wildman–Crippen MR) is 123 cm³/mol. The van der Waals surface area contributed by atoms with Gasteiger partial charge < -0.3 is 15.5 Å². The van der Waals surface area contributed by atoms with Gasteiger partial charge in [0.2, 0.25) is 0 Å².